The molecular formula is C16H22OS. The molecule has 0 aliphatic heterocycles. The van der Waals surface area contributed by atoms with E-state index in [0.717, 1.165) is 16.4 Å². The zero-order chi connectivity index (χ0) is 13.1. The van der Waals surface area contributed by atoms with Gasteiger partial charge in [-0.2, -0.15) is 11.8 Å². The summed E-state index contributed by atoms with van der Waals surface area (Å²) in [5.41, 5.74) is 4.53. The van der Waals surface area contributed by atoms with Crippen LogP contribution in [0.15, 0.2) is 12.1 Å². The molecule has 0 N–H and O–H groups in total. The number of hydrogen-bond acceptors (Lipinski definition) is 2. The summed E-state index contributed by atoms with van der Waals surface area (Å²) >= 11 is 1.86. The van der Waals surface area contributed by atoms with Crippen LogP contribution < -0.4 is 0 Å². The number of carbonyl (C=O) groups excluding carboxylic acids is 1. The molecule has 0 radical (unpaired) electrons. The lowest BCUT2D eigenvalue weighted by Gasteiger charge is -2.11. The zero-order valence-electron chi connectivity index (χ0n) is 11.6. The molecule has 1 saturated carbocycles. The number of thioether (sulfide) groups is 1. The molecule has 1 aliphatic rings. The van der Waals surface area contributed by atoms with E-state index in [1.807, 2.05) is 18.7 Å². The zero-order valence-corrected chi connectivity index (χ0v) is 12.4. The van der Waals surface area contributed by atoms with Gasteiger partial charge in [-0.05, 0) is 56.4 Å². The molecule has 0 aromatic heterocycles. The van der Waals surface area contributed by atoms with Gasteiger partial charge in [0, 0.05) is 10.8 Å². The molecule has 0 bridgehead atoms. The maximum atomic E-state index is 12.3. The minimum Gasteiger partial charge on any atom is -0.293 e. The van der Waals surface area contributed by atoms with Crippen LogP contribution in [0, 0.1) is 20.8 Å². The maximum absolute atomic E-state index is 12.3. The fourth-order valence-corrected chi connectivity index (χ4v) is 3.80. The molecular weight excluding hydrogens is 240 g/mol. The molecule has 1 nitrogen and oxygen atoms in total. The predicted octanol–water partition coefficient (Wildman–Crippen LogP) is 4.47. The van der Waals surface area contributed by atoms with Crippen LogP contribution >= 0.6 is 11.8 Å². The van der Waals surface area contributed by atoms with Crippen molar-refractivity contribution < 1.29 is 4.79 Å². The summed E-state index contributed by atoms with van der Waals surface area (Å²) in [4.78, 5) is 12.3. The van der Waals surface area contributed by atoms with Gasteiger partial charge in [-0.3, -0.25) is 4.79 Å². The summed E-state index contributed by atoms with van der Waals surface area (Å²) in [5.74, 6) is 0.945. The monoisotopic (exact) mass is 262 g/mol. The van der Waals surface area contributed by atoms with Gasteiger partial charge < -0.3 is 0 Å². The molecule has 0 amide bonds. The van der Waals surface area contributed by atoms with Gasteiger partial charge in [0.05, 0.1) is 5.75 Å². The Balaban J connectivity index is 2.01. The second kappa shape index (κ2) is 5.92. The third kappa shape index (κ3) is 3.17. The molecule has 2 heteroatoms. The number of hydrogen-bond donors (Lipinski definition) is 0. The van der Waals surface area contributed by atoms with E-state index in [4.69, 9.17) is 0 Å². The van der Waals surface area contributed by atoms with Gasteiger partial charge in [-0.1, -0.05) is 18.9 Å². The lowest BCUT2D eigenvalue weighted by molar-refractivity contribution is 0.102. The van der Waals surface area contributed by atoms with Crippen molar-refractivity contribution in [2.24, 2.45) is 0 Å². The van der Waals surface area contributed by atoms with Crippen LogP contribution in [-0.4, -0.2) is 16.8 Å². The van der Waals surface area contributed by atoms with Crippen molar-refractivity contribution in [1.82, 2.24) is 0 Å². The van der Waals surface area contributed by atoms with Crippen molar-refractivity contribution in [1.29, 1.82) is 0 Å². The summed E-state index contributed by atoms with van der Waals surface area (Å²) in [6.07, 6.45) is 5.27. The van der Waals surface area contributed by atoms with Crippen molar-refractivity contribution in [3.05, 3.63) is 34.4 Å². The van der Waals surface area contributed by atoms with Gasteiger partial charge >= 0.3 is 0 Å². The fraction of sp³-hybridized carbons (Fsp3) is 0.562. The summed E-state index contributed by atoms with van der Waals surface area (Å²) in [6, 6.07) is 4.19. The van der Waals surface area contributed by atoms with Gasteiger partial charge in [0.2, 0.25) is 0 Å². The first-order chi connectivity index (χ1) is 8.58. The highest BCUT2D eigenvalue weighted by atomic mass is 32.2. The van der Waals surface area contributed by atoms with E-state index in [-0.39, 0.29) is 0 Å². The molecule has 98 valence electrons. The van der Waals surface area contributed by atoms with Crippen molar-refractivity contribution in [3.63, 3.8) is 0 Å². The average molecular weight is 262 g/mol. The van der Waals surface area contributed by atoms with Crippen LogP contribution in [0.4, 0.5) is 0 Å². The van der Waals surface area contributed by atoms with Gasteiger partial charge in [-0.15, -0.1) is 0 Å². The quantitative estimate of drug-likeness (QED) is 0.745. The average Bonchev–Trinajstić information content (AvgIpc) is 2.84. The SMILES string of the molecule is Cc1cc(C)c(C(=O)CSC2CCCC2)cc1C. The Bertz CT molecular complexity index is 445. The topological polar surface area (TPSA) is 17.1 Å². The van der Waals surface area contributed by atoms with Crippen molar-refractivity contribution in [2.75, 3.05) is 5.75 Å². The van der Waals surface area contributed by atoms with E-state index in [1.165, 1.54) is 36.8 Å². The predicted molar refractivity (Wildman–Crippen MR) is 79.7 cm³/mol. The lowest BCUT2D eigenvalue weighted by Crippen LogP contribution is -2.09. The van der Waals surface area contributed by atoms with Crippen LogP contribution in [0.25, 0.3) is 0 Å². The van der Waals surface area contributed by atoms with Crippen molar-refractivity contribution in [2.45, 2.75) is 51.7 Å². The summed E-state index contributed by atoms with van der Waals surface area (Å²) in [7, 11) is 0. The Morgan fingerprint density at radius 2 is 1.72 bits per heavy atom. The normalized spacial score (nSPS) is 16.2. The Morgan fingerprint density at radius 1 is 1.11 bits per heavy atom. The number of benzene rings is 1. The largest absolute Gasteiger partial charge is 0.293 e. The Labute approximate surface area is 114 Å². The Morgan fingerprint density at radius 3 is 2.39 bits per heavy atom. The molecule has 0 saturated heterocycles. The van der Waals surface area contributed by atoms with E-state index in [1.54, 1.807) is 0 Å². The van der Waals surface area contributed by atoms with E-state index in [0.29, 0.717) is 11.5 Å². The molecule has 0 atom stereocenters. The molecule has 0 unspecified atom stereocenters. The minimum atomic E-state index is 0.299. The first-order valence-corrected chi connectivity index (χ1v) is 7.85. The van der Waals surface area contributed by atoms with E-state index >= 15 is 0 Å². The van der Waals surface area contributed by atoms with Crippen LogP contribution in [-0.2, 0) is 0 Å². The number of aryl methyl sites for hydroxylation is 3. The first-order valence-electron chi connectivity index (χ1n) is 6.80. The molecule has 2 rings (SSSR count). The van der Waals surface area contributed by atoms with Crippen molar-refractivity contribution >= 4 is 17.5 Å². The van der Waals surface area contributed by atoms with Gasteiger partial charge in [0.1, 0.15) is 0 Å². The standard InChI is InChI=1S/C16H22OS/c1-11-8-13(3)15(9-12(11)2)16(17)10-18-14-6-4-5-7-14/h8-9,14H,4-7,10H2,1-3H3. The second-order valence-electron chi connectivity index (χ2n) is 5.39. The molecule has 0 heterocycles. The first kappa shape index (κ1) is 13.7. The smallest absolute Gasteiger partial charge is 0.173 e. The maximum Gasteiger partial charge on any atom is 0.173 e. The third-order valence-corrected chi connectivity index (χ3v) is 5.27. The summed E-state index contributed by atoms with van der Waals surface area (Å²) < 4.78 is 0. The lowest BCUT2D eigenvalue weighted by atomic mass is 9.99. The van der Waals surface area contributed by atoms with E-state index in [9.17, 15) is 4.79 Å². The van der Waals surface area contributed by atoms with Crippen LogP contribution in [0.2, 0.25) is 0 Å². The highest BCUT2D eigenvalue weighted by Gasteiger charge is 2.18. The van der Waals surface area contributed by atoms with Crippen LogP contribution in [0.1, 0.15) is 52.7 Å². The number of rotatable bonds is 4. The highest BCUT2D eigenvalue weighted by molar-refractivity contribution is 8.00. The van der Waals surface area contributed by atoms with Crippen LogP contribution in [0.5, 0.6) is 0 Å². The Hall–Kier alpha value is -0.760. The second-order valence-corrected chi connectivity index (χ2v) is 6.68. The minimum absolute atomic E-state index is 0.299. The number of ketones is 1. The molecule has 1 aromatic carbocycles. The van der Waals surface area contributed by atoms with Gasteiger partial charge in [0.15, 0.2) is 5.78 Å². The highest BCUT2D eigenvalue weighted by Crippen LogP contribution is 2.30. The number of carbonyl (C=O) groups is 1. The Kier molecular flexibility index (Phi) is 4.50. The van der Waals surface area contributed by atoms with E-state index < -0.39 is 0 Å². The van der Waals surface area contributed by atoms with Crippen LogP contribution in [0.3, 0.4) is 0 Å². The van der Waals surface area contributed by atoms with Gasteiger partial charge in [-0.25, -0.2) is 0 Å². The molecule has 1 aromatic rings. The molecule has 18 heavy (non-hydrogen) atoms. The fourth-order valence-electron chi connectivity index (χ4n) is 2.59. The molecule has 1 aliphatic carbocycles. The third-order valence-electron chi connectivity index (χ3n) is 3.89. The van der Waals surface area contributed by atoms with Crippen molar-refractivity contribution in [3.8, 4) is 0 Å². The summed E-state index contributed by atoms with van der Waals surface area (Å²) in [5, 5.41) is 0.723. The molecule has 1 fully saturated rings. The summed E-state index contributed by atoms with van der Waals surface area (Å²) in [6.45, 7) is 6.22. The molecule has 0 spiro atoms. The van der Waals surface area contributed by atoms with Gasteiger partial charge in [0.25, 0.3) is 0 Å². The number of Topliss-reactive ketones (excluding diaryl/α,β-unsaturated/α-hetero) is 1. The van der Waals surface area contributed by atoms with E-state index in [2.05, 4.69) is 26.0 Å².